The fourth-order valence-electron chi connectivity index (χ4n) is 2.53. The minimum absolute atomic E-state index is 0.247. The molecule has 0 bridgehead atoms. The topological polar surface area (TPSA) is 55.7 Å². The SMILES string of the molecule is Cc1ccc(-c2c(CCC(C)N=O)oc3ccc(Cl)cc23)o1. The third-order valence-corrected chi connectivity index (χ3v) is 3.91. The molecule has 0 N–H and O–H groups in total. The second kappa shape index (κ2) is 5.97. The van der Waals surface area contributed by atoms with E-state index in [2.05, 4.69) is 5.18 Å². The van der Waals surface area contributed by atoms with Crippen LogP contribution in [0.4, 0.5) is 0 Å². The van der Waals surface area contributed by atoms with Gasteiger partial charge in [-0.15, -0.1) is 0 Å². The minimum Gasteiger partial charge on any atom is -0.461 e. The van der Waals surface area contributed by atoms with Crippen LogP contribution >= 0.6 is 11.6 Å². The van der Waals surface area contributed by atoms with E-state index < -0.39 is 0 Å². The van der Waals surface area contributed by atoms with E-state index >= 15 is 0 Å². The van der Waals surface area contributed by atoms with Gasteiger partial charge in [0.2, 0.25) is 0 Å². The summed E-state index contributed by atoms with van der Waals surface area (Å²) in [5.74, 6) is 2.38. The van der Waals surface area contributed by atoms with Crippen molar-refractivity contribution in [1.29, 1.82) is 0 Å². The minimum atomic E-state index is -0.247. The van der Waals surface area contributed by atoms with Gasteiger partial charge >= 0.3 is 0 Å². The summed E-state index contributed by atoms with van der Waals surface area (Å²) in [5, 5.41) is 4.61. The Labute approximate surface area is 133 Å². The summed E-state index contributed by atoms with van der Waals surface area (Å²) in [5.41, 5.74) is 1.67. The molecule has 0 saturated carbocycles. The lowest BCUT2D eigenvalue weighted by Crippen LogP contribution is -1.99. The number of nitroso groups, excluding NO2 is 1. The first-order valence-electron chi connectivity index (χ1n) is 7.18. The van der Waals surface area contributed by atoms with E-state index in [1.54, 1.807) is 13.0 Å². The number of halogens is 1. The summed E-state index contributed by atoms with van der Waals surface area (Å²) in [6.45, 7) is 3.69. The molecule has 0 radical (unpaired) electrons. The molecule has 0 amide bonds. The van der Waals surface area contributed by atoms with Gasteiger partial charge in [-0.25, -0.2) is 0 Å². The van der Waals surface area contributed by atoms with E-state index in [1.807, 2.05) is 31.2 Å². The van der Waals surface area contributed by atoms with Crippen molar-refractivity contribution in [3.8, 4) is 11.3 Å². The van der Waals surface area contributed by atoms with Gasteiger partial charge in [0.15, 0.2) is 0 Å². The average molecular weight is 318 g/mol. The summed E-state index contributed by atoms with van der Waals surface area (Å²) in [4.78, 5) is 10.6. The molecule has 3 aromatic rings. The van der Waals surface area contributed by atoms with Crippen molar-refractivity contribution in [2.45, 2.75) is 32.7 Å². The van der Waals surface area contributed by atoms with Gasteiger partial charge in [0.25, 0.3) is 0 Å². The second-order valence-corrected chi connectivity index (χ2v) is 5.88. The molecule has 0 spiro atoms. The molecule has 4 nitrogen and oxygen atoms in total. The maximum Gasteiger partial charge on any atom is 0.138 e. The Hall–Kier alpha value is -2.07. The summed E-state index contributed by atoms with van der Waals surface area (Å²) in [7, 11) is 0. The van der Waals surface area contributed by atoms with Crippen LogP contribution in [0.5, 0.6) is 0 Å². The molecule has 1 unspecified atom stereocenters. The van der Waals surface area contributed by atoms with E-state index in [1.165, 1.54) is 0 Å². The summed E-state index contributed by atoms with van der Waals surface area (Å²) in [6.07, 6.45) is 1.25. The predicted molar refractivity (Wildman–Crippen MR) is 87.2 cm³/mol. The van der Waals surface area contributed by atoms with Crippen LogP contribution in [0.15, 0.2) is 44.3 Å². The first-order valence-corrected chi connectivity index (χ1v) is 7.56. The molecule has 0 aliphatic heterocycles. The molecule has 1 aromatic carbocycles. The van der Waals surface area contributed by atoms with Crippen molar-refractivity contribution in [3.05, 3.63) is 51.8 Å². The Balaban J connectivity index is 2.11. The Morgan fingerprint density at radius 2 is 2.05 bits per heavy atom. The molecule has 3 rings (SSSR count). The third kappa shape index (κ3) is 2.79. The Kier molecular flexibility index (Phi) is 4.03. The number of hydrogen-bond acceptors (Lipinski definition) is 4. The molecule has 5 heteroatoms. The molecule has 2 heterocycles. The highest BCUT2D eigenvalue weighted by Crippen LogP contribution is 2.37. The molecular formula is C17H16ClNO3. The molecule has 1 atom stereocenters. The molecule has 2 aromatic heterocycles. The van der Waals surface area contributed by atoms with Crippen molar-refractivity contribution in [3.63, 3.8) is 0 Å². The summed E-state index contributed by atoms with van der Waals surface area (Å²) < 4.78 is 11.7. The number of rotatable bonds is 5. The van der Waals surface area contributed by atoms with Gasteiger partial charge in [0, 0.05) is 16.8 Å². The fraction of sp³-hybridized carbons (Fsp3) is 0.294. The van der Waals surface area contributed by atoms with E-state index in [0.717, 1.165) is 33.8 Å². The van der Waals surface area contributed by atoms with Gasteiger partial charge in [-0.1, -0.05) is 16.8 Å². The van der Waals surface area contributed by atoms with Crippen LogP contribution in [0.2, 0.25) is 5.02 Å². The lowest BCUT2D eigenvalue weighted by atomic mass is 10.0. The Bertz CT molecular complexity index is 819. The van der Waals surface area contributed by atoms with Crippen LogP contribution < -0.4 is 0 Å². The second-order valence-electron chi connectivity index (χ2n) is 5.44. The Morgan fingerprint density at radius 3 is 2.73 bits per heavy atom. The Morgan fingerprint density at radius 1 is 1.23 bits per heavy atom. The maximum atomic E-state index is 10.6. The number of aryl methyl sites for hydroxylation is 2. The highest BCUT2D eigenvalue weighted by Gasteiger charge is 2.19. The lowest BCUT2D eigenvalue weighted by Gasteiger charge is -2.02. The first-order chi connectivity index (χ1) is 10.6. The predicted octanol–water partition coefficient (Wildman–Crippen LogP) is 5.74. The molecule has 0 aliphatic carbocycles. The van der Waals surface area contributed by atoms with Crippen molar-refractivity contribution in [1.82, 2.24) is 0 Å². The van der Waals surface area contributed by atoms with Crippen molar-refractivity contribution >= 4 is 22.6 Å². The van der Waals surface area contributed by atoms with Gasteiger partial charge in [0.1, 0.15) is 22.9 Å². The smallest absolute Gasteiger partial charge is 0.138 e. The van der Waals surface area contributed by atoms with E-state index in [4.69, 9.17) is 20.4 Å². The molecule has 22 heavy (non-hydrogen) atoms. The average Bonchev–Trinajstić information content (AvgIpc) is 3.07. The third-order valence-electron chi connectivity index (χ3n) is 3.68. The summed E-state index contributed by atoms with van der Waals surface area (Å²) >= 11 is 6.11. The highest BCUT2D eigenvalue weighted by atomic mass is 35.5. The van der Waals surface area contributed by atoms with Gasteiger partial charge in [-0.3, -0.25) is 0 Å². The zero-order chi connectivity index (χ0) is 15.7. The summed E-state index contributed by atoms with van der Waals surface area (Å²) in [6, 6.07) is 9.11. The van der Waals surface area contributed by atoms with Crippen LogP contribution in [-0.2, 0) is 6.42 Å². The maximum absolute atomic E-state index is 10.6. The van der Waals surface area contributed by atoms with Gasteiger partial charge in [-0.2, -0.15) is 4.91 Å². The molecule has 0 saturated heterocycles. The number of benzene rings is 1. The fourth-order valence-corrected chi connectivity index (χ4v) is 2.70. The van der Waals surface area contributed by atoms with Crippen LogP contribution in [-0.4, -0.2) is 6.04 Å². The number of furan rings is 2. The number of hydrogen-bond donors (Lipinski definition) is 0. The van der Waals surface area contributed by atoms with E-state index in [0.29, 0.717) is 17.9 Å². The van der Waals surface area contributed by atoms with Gasteiger partial charge in [0.05, 0.1) is 11.6 Å². The van der Waals surface area contributed by atoms with Crippen LogP contribution in [0.3, 0.4) is 0 Å². The number of nitrogens with zero attached hydrogens (tertiary/aromatic N) is 1. The number of fused-ring (bicyclic) bond motifs is 1. The van der Waals surface area contributed by atoms with E-state index in [9.17, 15) is 4.91 Å². The molecular weight excluding hydrogens is 302 g/mol. The highest BCUT2D eigenvalue weighted by molar-refractivity contribution is 6.31. The monoisotopic (exact) mass is 317 g/mol. The van der Waals surface area contributed by atoms with Crippen LogP contribution in [0, 0.1) is 11.8 Å². The van der Waals surface area contributed by atoms with Gasteiger partial charge in [-0.05, 0) is 50.6 Å². The molecule has 0 fully saturated rings. The molecule has 114 valence electrons. The van der Waals surface area contributed by atoms with Crippen molar-refractivity contribution in [2.24, 2.45) is 5.18 Å². The standard InChI is InChI=1S/C17H16ClNO3/c1-10(19-20)3-6-16-17(15-7-4-11(2)21-15)13-9-12(18)5-8-14(13)22-16/h4-5,7-10H,3,6H2,1-2H3. The zero-order valence-electron chi connectivity index (χ0n) is 12.4. The lowest BCUT2D eigenvalue weighted by molar-refractivity contribution is 0.514. The van der Waals surface area contributed by atoms with Crippen LogP contribution in [0.25, 0.3) is 22.3 Å². The van der Waals surface area contributed by atoms with Crippen molar-refractivity contribution < 1.29 is 8.83 Å². The first kappa shape index (κ1) is 14.9. The zero-order valence-corrected chi connectivity index (χ0v) is 13.2. The molecule has 0 aliphatic rings. The van der Waals surface area contributed by atoms with Crippen LogP contribution in [0.1, 0.15) is 24.9 Å². The van der Waals surface area contributed by atoms with Gasteiger partial charge < -0.3 is 8.83 Å². The van der Waals surface area contributed by atoms with Crippen molar-refractivity contribution in [2.75, 3.05) is 0 Å². The normalized spacial score (nSPS) is 12.7. The quantitative estimate of drug-likeness (QED) is 0.563. The largest absolute Gasteiger partial charge is 0.461 e. The van der Waals surface area contributed by atoms with E-state index in [-0.39, 0.29) is 6.04 Å².